The van der Waals surface area contributed by atoms with E-state index < -0.39 is 52.1 Å². The highest BCUT2D eigenvalue weighted by atomic mass is 32.2. The average Bonchev–Trinajstić information content (AvgIpc) is 3.13. The molecule has 2 atom stereocenters. The molecule has 1 aliphatic rings. The molecule has 12 heteroatoms. The minimum absolute atomic E-state index is 0.0322. The van der Waals surface area contributed by atoms with Crippen molar-refractivity contribution in [2.75, 3.05) is 37.6 Å². The molecule has 0 unspecified atom stereocenters. The Morgan fingerprint density at radius 3 is 2.34 bits per heavy atom. The molecule has 11 nitrogen and oxygen atoms in total. The van der Waals surface area contributed by atoms with Gasteiger partial charge in [0.1, 0.15) is 16.4 Å². The zero-order valence-electron chi connectivity index (χ0n) is 21.7. The number of nitrogens with zero attached hydrogens (tertiary/aromatic N) is 1. The quantitative estimate of drug-likeness (QED) is 0.338. The van der Waals surface area contributed by atoms with Crippen molar-refractivity contribution in [3.05, 3.63) is 52.6 Å². The molecule has 0 saturated carbocycles. The van der Waals surface area contributed by atoms with E-state index in [-0.39, 0.29) is 29.0 Å². The van der Waals surface area contributed by atoms with E-state index in [0.717, 1.165) is 11.2 Å². The number of anilines is 1. The van der Waals surface area contributed by atoms with E-state index in [2.05, 4.69) is 5.32 Å². The van der Waals surface area contributed by atoms with Gasteiger partial charge in [0.15, 0.2) is 11.5 Å². The standard InChI is InChI=1S/C26H32N2O9S/c1-5-7-19(30)16-9-10-17(27-22(31)13-29)24-23(16)25(32)28(26(24)33)18(14-38(4,34)35)15-8-11-20(36-3)21(12-15)37-6-2/h8-12,18-19,29-30H,5-7,13-14H2,1-4H3,(H,27,31)/t18-,19-/m1/s1. The van der Waals surface area contributed by atoms with Crippen molar-refractivity contribution < 1.29 is 42.5 Å². The number of fused-ring (bicyclic) bond motifs is 1. The lowest BCUT2D eigenvalue weighted by Crippen LogP contribution is -2.38. The van der Waals surface area contributed by atoms with Gasteiger partial charge in [0.05, 0.1) is 48.4 Å². The molecule has 1 heterocycles. The lowest BCUT2D eigenvalue weighted by atomic mass is 9.95. The van der Waals surface area contributed by atoms with Crippen LogP contribution in [0.4, 0.5) is 5.69 Å². The van der Waals surface area contributed by atoms with Gasteiger partial charge >= 0.3 is 0 Å². The van der Waals surface area contributed by atoms with Gasteiger partial charge in [-0.2, -0.15) is 0 Å². The monoisotopic (exact) mass is 548 g/mol. The number of nitrogens with one attached hydrogen (secondary N) is 1. The maximum atomic E-state index is 13.9. The number of rotatable bonds is 12. The number of imide groups is 1. The summed E-state index contributed by atoms with van der Waals surface area (Å²) in [7, 11) is -2.28. The van der Waals surface area contributed by atoms with Crippen LogP contribution >= 0.6 is 0 Å². The van der Waals surface area contributed by atoms with Crippen molar-refractivity contribution in [1.82, 2.24) is 4.90 Å². The van der Waals surface area contributed by atoms with Gasteiger partial charge in [-0.1, -0.05) is 25.5 Å². The van der Waals surface area contributed by atoms with Crippen molar-refractivity contribution in [1.29, 1.82) is 0 Å². The minimum atomic E-state index is -3.72. The number of carbonyl (C=O) groups excluding carboxylic acids is 3. The van der Waals surface area contributed by atoms with Crippen molar-refractivity contribution in [3.63, 3.8) is 0 Å². The Hall–Kier alpha value is -3.48. The summed E-state index contributed by atoms with van der Waals surface area (Å²) in [5.41, 5.74) is 0.166. The van der Waals surface area contributed by atoms with Gasteiger partial charge in [-0.05, 0) is 42.7 Å². The molecule has 2 aromatic rings. The van der Waals surface area contributed by atoms with Crippen LogP contribution in [0.15, 0.2) is 30.3 Å². The fourth-order valence-corrected chi connectivity index (χ4v) is 5.38. The van der Waals surface area contributed by atoms with Gasteiger partial charge in [-0.15, -0.1) is 0 Å². The van der Waals surface area contributed by atoms with Crippen LogP contribution < -0.4 is 14.8 Å². The number of hydrogen-bond donors (Lipinski definition) is 3. The largest absolute Gasteiger partial charge is 0.493 e. The first-order valence-corrected chi connectivity index (χ1v) is 14.1. The lowest BCUT2D eigenvalue weighted by molar-refractivity contribution is -0.118. The first-order chi connectivity index (χ1) is 18.0. The van der Waals surface area contributed by atoms with E-state index in [1.54, 1.807) is 19.1 Å². The Morgan fingerprint density at radius 2 is 1.76 bits per heavy atom. The topological polar surface area (TPSA) is 160 Å². The molecule has 3 rings (SSSR count). The third-order valence-electron chi connectivity index (χ3n) is 6.09. The smallest absolute Gasteiger partial charge is 0.264 e. The fraction of sp³-hybridized carbons (Fsp3) is 0.423. The summed E-state index contributed by atoms with van der Waals surface area (Å²) in [5.74, 6) is -2.35. The van der Waals surface area contributed by atoms with Crippen LogP contribution in [0.2, 0.25) is 0 Å². The van der Waals surface area contributed by atoms with Gasteiger partial charge in [-0.25, -0.2) is 8.42 Å². The third kappa shape index (κ3) is 5.98. The summed E-state index contributed by atoms with van der Waals surface area (Å²) >= 11 is 0. The number of aliphatic hydroxyl groups is 2. The second-order valence-electron chi connectivity index (χ2n) is 8.89. The van der Waals surface area contributed by atoms with Gasteiger partial charge in [0.25, 0.3) is 11.8 Å². The van der Waals surface area contributed by atoms with Crippen molar-refractivity contribution in [2.24, 2.45) is 0 Å². The van der Waals surface area contributed by atoms with Crippen molar-refractivity contribution >= 4 is 33.2 Å². The predicted molar refractivity (Wildman–Crippen MR) is 139 cm³/mol. The molecule has 3 amide bonds. The molecule has 0 saturated heterocycles. The number of sulfone groups is 1. The Balaban J connectivity index is 2.23. The lowest BCUT2D eigenvalue weighted by Gasteiger charge is -2.27. The molecular weight excluding hydrogens is 516 g/mol. The number of aliphatic hydroxyl groups excluding tert-OH is 2. The van der Waals surface area contributed by atoms with Gasteiger partial charge in [0.2, 0.25) is 5.91 Å². The molecule has 206 valence electrons. The number of benzene rings is 2. The van der Waals surface area contributed by atoms with Crippen LogP contribution in [0.25, 0.3) is 0 Å². The maximum Gasteiger partial charge on any atom is 0.264 e. The van der Waals surface area contributed by atoms with Crippen LogP contribution in [-0.4, -0.2) is 73.6 Å². The van der Waals surface area contributed by atoms with E-state index in [1.165, 1.54) is 25.3 Å². The summed E-state index contributed by atoms with van der Waals surface area (Å²) in [6, 6.07) is 6.18. The molecule has 0 aliphatic carbocycles. The summed E-state index contributed by atoms with van der Waals surface area (Å²) in [6.07, 6.45) is 0.813. The first-order valence-electron chi connectivity index (χ1n) is 12.1. The van der Waals surface area contributed by atoms with Crippen LogP contribution in [0.1, 0.15) is 70.7 Å². The van der Waals surface area contributed by atoms with Crippen LogP contribution in [-0.2, 0) is 14.6 Å². The molecule has 0 aromatic heterocycles. The number of carbonyl (C=O) groups is 3. The van der Waals surface area contributed by atoms with E-state index >= 15 is 0 Å². The van der Waals surface area contributed by atoms with E-state index in [1.807, 2.05) is 6.92 Å². The van der Waals surface area contributed by atoms with Crippen LogP contribution in [0.5, 0.6) is 11.5 Å². The van der Waals surface area contributed by atoms with Gasteiger partial charge < -0.3 is 25.0 Å². The Labute approximate surface area is 221 Å². The Kier molecular flexibility index (Phi) is 9.13. The van der Waals surface area contributed by atoms with E-state index in [0.29, 0.717) is 29.9 Å². The molecule has 0 bridgehead atoms. The molecule has 0 fully saturated rings. The maximum absolute atomic E-state index is 13.9. The highest BCUT2D eigenvalue weighted by molar-refractivity contribution is 7.90. The number of hydrogen-bond acceptors (Lipinski definition) is 9. The number of amides is 3. The highest BCUT2D eigenvalue weighted by Crippen LogP contribution is 2.41. The summed E-state index contributed by atoms with van der Waals surface area (Å²) in [6.45, 7) is 3.04. The predicted octanol–water partition coefficient (Wildman–Crippen LogP) is 2.24. The Bertz CT molecular complexity index is 1340. The number of methoxy groups -OCH3 is 1. The molecular formula is C26H32N2O9S. The zero-order chi connectivity index (χ0) is 28.2. The summed E-state index contributed by atoms with van der Waals surface area (Å²) in [5, 5.41) is 22.4. The molecule has 0 spiro atoms. The zero-order valence-corrected chi connectivity index (χ0v) is 22.5. The fourth-order valence-electron chi connectivity index (χ4n) is 4.46. The molecule has 3 N–H and O–H groups in total. The highest BCUT2D eigenvalue weighted by Gasteiger charge is 2.45. The minimum Gasteiger partial charge on any atom is -0.493 e. The third-order valence-corrected chi connectivity index (χ3v) is 7.01. The molecule has 1 aliphatic heterocycles. The first kappa shape index (κ1) is 29.1. The Morgan fingerprint density at radius 1 is 1.08 bits per heavy atom. The van der Waals surface area contributed by atoms with Crippen LogP contribution in [0, 0.1) is 0 Å². The second-order valence-corrected chi connectivity index (χ2v) is 11.1. The van der Waals surface area contributed by atoms with Crippen LogP contribution in [0.3, 0.4) is 0 Å². The van der Waals surface area contributed by atoms with Gasteiger partial charge in [0, 0.05) is 6.26 Å². The summed E-state index contributed by atoms with van der Waals surface area (Å²) < 4.78 is 35.9. The molecule has 2 aromatic carbocycles. The van der Waals surface area contributed by atoms with Crippen molar-refractivity contribution in [2.45, 2.75) is 38.8 Å². The average molecular weight is 549 g/mol. The summed E-state index contributed by atoms with van der Waals surface area (Å²) in [4.78, 5) is 40.5. The normalized spacial score (nSPS) is 14.7. The number of ether oxygens (including phenoxy) is 2. The molecule has 0 radical (unpaired) electrons. The van der Waals surface area contributed by atoms with Gasteiger partial charge in [-0.3, -0.25) is 19.3 Å². The van der Waals surface area contributed by atoms with E-state index in [9.17, 15) is 33.0 Å². The van der Waals surface area contributed by atoms with Crippen molar-refractivity contribution in [3.8, 4) is 11.5 Å². The van der Waals surface area contributed by atoms with E-state index in [4.69, 9.17) is 9.47 Å². The second kappa shape index (κ2) is 11.9. The SMILES string of the molecule is CCC[C@@H](O)c1ccc(NC(=O)CO)c2c1C(=O)N([C@H](CS(C)(=O)=O)c1ccc(OC)c(OCC)c1)C2=O. The molecule has 38 heavy (non-hydrogen) atoms.